The largest absolute Gasteiger partial charge is 0.272 e. The summed E-state index contributed by atoms with van der Waals surface area (Å²) in [4.78, 5) is 28.0. The van der Waals surface area contributed by atoms with Crippen molar-refractivity contribution in [3.05, 3.63) is 106 Å². The maximum atomic E-state index is 13.0. The van der Waals surface area contributed by atoms with E-state index in [4.69, 9.17) is 0 Å². The van der Waals surface area contributed by atoms with Gasteiger partial charge in [-0.15, -0.1) is 0 Å². The first-order valence-electron chi connectivity index (χ1n) is 9.57. The molecule has 0 spiro atoms. The summed E-state index contributed by atoms with van der Waals surface area (Å²) in [6, 6.07) is 24.8. The van der Waals surface area contributed by atoms with E-state index in [-0.39, 0.29) is 11.6 Å². The zero-order valence-electron chi connectivity index (χ0n) is 16.6. The summed E-state index contributed by atoms with van der Waals surface area (Å²) >= 11 is 0. The summed E-state index contributed by atoms with van der Waals surface area (Å²) in [6.07, 6.45) is 0. The molecule has 0 fully saturated rings. The minimum atomic E-state index is -0.461. The van der Waals surface area contributed by atoms with Crippen LogP contribution in [0, 0.1) is 10.1 Å². The van der Waals surface area contributed by atoms with Gasteiger partial charge in [-0.2, -0.15) is 5.10 Å². The minimum absolute atomic E-state index is 0.00252. The third-order valence-corrected chi connectivity index (χ3v) is 4.85. The Kier molecular flexibility index (Phi) is 5.49. The van der Waals surface area contributed by atoms with Gasteiger partial charge in [0.15, 0.2) is 0 Å². The van der Waals surface area contributed by atoms with Gasteiger partial charge in [0.2, 0.25) is 0 Å². The number of aromatic nitrogens is 1. The highest BCUT2D eigenvalue weighted by Crippen LogP contribution is 2.24. The van der Waals surface area contributed by atoms with Crippen LogP contribution in [0.4, 0.5) is 5.69 Å². The van der Waals surface area contributed by atoms with Crippen molar-refractivity contribution in [1.29, 1.82) is 0 Å². The zero-order chi connectivity index (χ0) is 21.8. The Labute approximate surface area is 178 Å². The number of rotatable bonds is 5. The number of carbonyl (C=O) groups excluding carboxylic acids is 1. The molecule has 0 saturated carbocycles. The van der Waals surface area contributed by atoms with Gasteiger partial charge < -0.3 is 0 Å². The molecule has 4 aromatic rings. The van der Waals surface area contributed by atoms with Gasteiger partial charge in [-0.05, 0) is 36.8 Å². The number of hydrogen-bond acceptors (Lipinski definition) is 5. The van der Waals surface area contributed by atoms with Gasteiger partial charge >= 0.3 is 0 Å². The summed E-state index contributed by atoms with van der Waals surface area (Å²) in [5.74, 6) is -0.364. The fraction of sp³-hybridized carbons (Fsp3) is 0.0417. The molecule has 0 atom stereocenters. The molecule has 0 aliphatic carbocycles. The highest BCUT2D eigenvalue weighted by Gasteiger charge is 2.14. The van der Waals surface area contributed by atoms with Crippen molar-refractivity contribution in [2.24, 2.45) is 5.10 Å². The third-order valence-electron chi connectivity index (χ3n) is 4.85. The molecule has 31 heavy (non-hydrogen) atoms. The number of nitrogens with zero attached hydrogens (tertiary/aromatic N) is 3. The molecule has 152 valence electrons. The molecular formula is C24H18N4O3. The van der Waals surface area contributed by atoms with Crippen LogP contribution >= 0.6 is 0 Å². The lowest BCUT2D eigenvalue weighted by Gasteiger charge is -2.09. The van der Waals surface area contributed by atoms with Gasteiger partial charge in [-0.25, -0.2) is 10.4 Å². The number of amides is 1. The van der Waals surface area contributed by atoms with Crippen molar-refractivity contribution in [3.63, 3.8) is 0 Å². The molecule has 0 radical (unpaired) electrons. The Bertz CT molecular complexity index is 1300. The fourth-order valence-corrected chi connectivity index (χ4v) is 3.20. The molecule has 0 saturated heterocycles. The van der Waals surface area contributed by atoms with E-state index in [0.29, 0.717) is 28.0 Å². The van der Waals surface area contributed by atoms with E-state index in [1.54, 1.807) is 25.1 Å². The van der Waals surface area contributed by atoms with E-state index in [2.05, 4.69) is 15.5 Å². The van der Waals surface area contributed by atoms with Crippen molar-refractivity contribution in [3.8, 4) is 11.3 Å². The number of non-ortho nitro benzene ring substituents is 1. The molecule has 0 bridgehead atoms. The second-order valence-electron chi connectivity index (χ2n) is 6.88. The highest BCUT2D eigenvalue weighted by molar-refractivity contribution is 6.08. The first kappa shape index (κ1) is 19.9. The minimum Gasteiger partial charge on any atom is -0.267 e. The van der Waals surface area contributed by atoms with Crippen molar-refractivity contribution in [2.45, 2.75) is 6.92 Å². The van der Waals surface area contributed by atoms with Crippen molar-refractivity contribution >= 4 is 28.2 Å². The first-order chi connectivity index (χ1) is 15.0. The van der Waals surface area contributed by atoms with Crippen LogP contribution in [0.15, 0.2) is 90.0 Å². The lowest BCUT2D eigenvalue weighted by molar-refractivity contribution is -0.384. The molecule has 3 aromatic carbocycles. The average molecular weight is 410 g/mol. The second kappa shape index (κ2) is 8.54. The number of hydrazone groups is 1. The average Bonchev–Trinajstić information content (AvgIpc) is 2.82. The fourth-order valence-electron chi connectivity index (χ4n) is 3.20. The SMILES string of the molecule is CC(=NNC(=O)c1cc(-c2ccccc2)nc2ccccc12)c1ccc([N+](=O)[O-])cc1. The summed E-state index contributed by atoms with van der Waals surface area (Å²) < 4.78 is 0. The number of benzene rings is 3. The lowest BCUT2D eigenvalue weighted by Crippen LogP contribution is -2.20. The standard InChI is InChI=1S/C24H18N4O3/c1-16(17-11-13-19(14-12-17)28(30)31)26-27-24(29)21-15-23(18-7-3-2-4-8-18)25-22-10-6-5-9-20(21)22/h2-15H,1H3,(H,27,29). The van der Waals surface area contributed by atoms with E-state index in [0.717, 1.165) is 10.9 Å². The van der Waals surface area contributed by atoms with Crippen LogP contribution in [0.25, 0.3) is 22.2 Å². The number of pyridine rings is 1. The van der Waals surface area contributed by atoms with Crippen LogP contribution in [-0.2, 0) is 0 Å². The number of para-hydroxylation sites is 1. The third kappa shape index (κ3) is 4.30. The van der Waals surface area contributed by atoms with Crippen LogP contribution in [-0.4, -0.2) is 21.5 Å². The van der Waals surface area contributed by atoms with E-state index in [9.17, 15) is 14.9 Å². The Morgan fingerprint density at radius 2 is 1.65 bits per heavy atom. The molecule has 0 aliphatic rings. The number of hydrogen-bond donors (Lipinski definition) is 1. The molecular weight excluding hydrogens is 392 g/mol. The van der Waals surface area contributed by atoms with Crippen molar-refractivity contribution < 1.29 is 9.72 Å². The number of nitro benzene ring substituents is 1. The maximum absolute atomic E-state index is 13.0. The molecule has 1 N–H and O–H groups in total. The monoisotopic (exact) mass is 410 g/mol. The number of carbonyl (C=O) groups is 1. The molecule has 1 heterocycles. The van der Waals surface area contributed by atoms with Gasteiger partial charge in [0, 0.05) is 23.1 Å². The summed E-state index contributed by atoms with van der Waals surface area (Å²) in [6.45, 7) is 1.72. The van der Waals surface area contributed by atoms with E-state index < -0.39 is 4.92 Å². The summed E-state index contributed by atoms with van der Waals surface area (Å²) in [5.41, 5.74) is 6.58. The maximum Gasteiger partial charge on any atom is 0.272 e. The van der Waals surface area contributed by atoms with Crippen LogP contribution in [0.1, 0.15) is 22.8 Å². The Hall–Kier alpha value is -4.39. The first-order valence-corrected chi connectivity index (χ1v) is 9.57. The quantitative estimate of drug-likeness (QED) is 0.285. The van der Waals surface area contributed by atoms with Crippen molar-refractivity contribution in [2.75, 3.05) is 0 Å². The summed E-state index contributed by atoms with van der Waals surface area (Å²) in [7, 11) is 0. The molecule has 0 unspecified atom stereocenters. The Balaban J connectivity index is 1.65. The molecule has 0 aliphatic heterocycles. The lowest BCUT2D eigenvalue weighted by atomic mass is 10.0. The van der Waals surface area contributed by atoms with Gasteiger partial charge in [0.1, 0.15) is 0 Å². The van der Waals surface area contributed by atoms with Crippen molar-refractivity contribution in [1.82, 2.24) is 10.4 Å². The van der Waals surface area contributed by atoms with Crippen LogP contribution in [0.2, 0.25) is 0 Å². The molecule has 4 rings (SSSR count). The zero-order valence-corrected chi connectivity index (χ0v) is 16.6. The topological polar surface area (TPSA) is 97.5 Å². The number of nitro groups is 1. The van der Waals surface area contributed by atoms with Gasteiger partial charge in [0.25, 0.3) is 11.6 Å². The second-order valence-corrected chi connectivity index (χ2v) is 6.88. The van der Waals surface area contributed by atoms with Gasteiger partial charge in [-0.3, -0.25) is 14.9 Å². The van der Waals surface area contributed by atoms with E-state index in [1.165, 1.54) is 12.1 Å². The predicted molar refractivity (Wildman–Crippen MR) is 120 cm³/mol. The van der Waals surface area contributed by atoms with Gasteiger partial charge in [-0.1, -0.05) is 48.5 Å². The van der Waals surface area contributed by atoms with Gasteiger partial charge in [0.05, 0.1) is 27.4 Å². The van der Waals surface area contributed by atoms with Crippen LogP contribution < -0.4 is 5.43 Å². The predicted octanol–water partition coefficient (Wildman–Crippen LogP) is 4.96. The van der Waals surface area contributed by atoms with Crippen LogP contribution in [0.5, 0.6) is 0 Å². The Morgan fingerprint density at radius 1 is 0.968 bits per heavy atom. The van der Waals surface area contributed by atoms with E-state index >= 15 is 0 Å². The smallest absolute Gasteiger partial charge is 0.267 e. The number of nitrogens with one attached hydrogen (secondary N) is 1. The Morgan fingerprint density at radius 3 is 2.35 bits per heavy atom. The molecule has 7 heteroatoms. The molecule has 7 nitrogen and oxygen atoms in total. The normalized spacial score (nSPS) is 11.3. The number of fused-ring (bicyclic) bond motifs is 1. The molecule has 1 amide bonds. The van der Waals surface area contributed by atoms with E-state index in [1.807, 2.05) is 54.6 Å². The summed E-state index contributed by atoms with van der Waals surface area (Å²) in [5, 5.41) is 15.7. The molecule has 1 aromatic heterocycles. The highest BCUT2D eigenvalue weighted by atomic mass is 16.6. The van der Waals surface area contributed by atoms with Crippen LogP contribution in [0.3, 0.4) is 0 Å².